The molecule has 1 nitrogen and oxygen atoms in total. The van der Waals surface area contributed by atoms with Gasteiger partial charge < -0.3 is 4.74 Å². The number of benzene rings is 2. The molecule has 0 spiro atoms. The van der Waals surface area contributed by atoms with Crippen LogP contribution in [0.5, 0.6) is 0 Å². The first-order valence-electron chi connectivity index (χ1n) is 24.0. The van der Waals surface area contributed by atoms with Gasteiger partial charge in [-0.15, -0.1) is 0 Å². The highest BCUT2D eigenvalue weighted by atomic mass is 16.5. The van der Waals surface area contributed by atoms with Crippen LogP contribution in [0.2, 0.25) is 0 Å². The third-order valence-electron chi connectivity index (χ3n) is 12.9. The summed E-state index contributed by atoms with van der Waals surface area (Å²) in [6.45, 7) is 66.0. The third kappa shape index (κ3) is 26.6. The molecule has 0 amide bonds. The number of ether oxygens (including phenoxy) is 1. The molecule has 0 aromatic heterocycles. The Morgan fingerprint density at radius 1 is 0.414 bits per heavy atom. The van der Waals surface area contributed by atoms with E-state index >= 15 is 0 Å². The van der Waals surface area contributed by atoms with E-state index in [4.69, 9.17) is 4.74 Å². The van der Waals surface area contributed by atoms with Gasteiger partial charge in [-0.3, -0.25) is 0 Å². The van der Waals surface area contributed by atoms with Crippen molar-refractivity contribution in [1.82, 2.24) is 0 Å². The molecule has 0 saturated heterocycles. The average Bonchev–Trinajstić information content (AvgIpc) is 3.09. The van der Waals surface area contributed by atoms with Crippen molar-refractivity contribution in [2.75, 3.05) is 6.61 Å². The highest BCUT2D eigenvalue weighted by molar-refractivity contribution is 5.33. The standard InChI is InChI=1S/C19H32.C18H30.C9H20O.C7H16.2C2H6/c1-14(2)18(5,6)13-16-9-11-17(12-10-16)19(7,8)15(3)4;1-13(2)17(5,6)15-9-11-16(12-10-15)18(7,8)14(3)4;1-8(2)10-7-6-9(3,4)5;1-6(2)5-7(3)4;2*1-2/h9-12,14-15H,13H2,1-8H3;9-14H,1-8H3;8H,6-7H2,1-5H3;6-7H,5H2,1-4H3;2*1-2H3. The Labute approximate surface area is 369 Å². The van der Waals surface area contributed by atoms with Gasteiger partial charge in [0.25, 0.3) is 0 Å². The smallest absolute Gasteiger partial charge is 0.0518 e. The molecular formula is C57H110O. The molecule has 0 atom stereocenters. The highest BCUT2D eigenvalue weighted by Crippen LogP contribution is 2.36. The molecule has 0 bridgehead atoms. The van der Waals surface area contributed by atoms with Crippen LogP contribution < -0.4 is 0 Å². The Balaban J connectivity index is -0.000000345. The van der Waals surface area contributed by atoms with Gasteiger partial charge in [-0.25, -0.2) is 0 Å². The second-order valence-corrected chi connectivity index (χ2v) is 22.5. The van der Waals surface area contributed by atoms with Gasteiger partial charge in [-0.1, -0.05) is 235 Å². The van der Waals surface area contributed by atoms with Crippen LogP contribution in [0.1, 0.15) is 236 Å². The molecule has 0 radical (unpaired) electrons. The Morgan fingerprint density at radius 2 is 0.690 bits per heavy atom. The second kappa shape index (κ2) is 29.6. The first-order valence-corrected chi connectivity index (χ1v) is 24.0. The van der Waals surface area contributed by atoms with E-state index in [1.54, 1.807) is 0 Å². The lowest BCUT2D eigenvalue weighted by Crippen LogP contribution is -2.26. The lowest BCUT2D eigenvalue weighted by atomic mass is 9.72. The largest absolute Gasteiger partial charge is 0.379 e. The van der Waals surface area contributed by atoms with Crippen LogP contribution in [0, 0.1) is 46.3 Å². The van der Waals surface area contributed by atoms with Gasteiger partial charge in [0.2, 0.25) is 0 Å². The molecule has 0 aliphatic carbocycles. The minimum atomic E-state index is 0.250. The Morgan fingerprint density at radius 3 is 0.879 bits per heavy atom. The lowest BCUT2D eigenvalue weighted by molar-refractivity contribution is 0.0604. The normalized spacial score (nSPS) is 12.3. The maximum atomic E-state index is 5.42. The van der Waals surface area contributed by atoms with E-state index in [1.807, 2.05) is 27.7 Å². The molecule has 0 aliphatic heterocycles. The first-order chi connectivity index (χ1) is 26.2. The fourth-order valence-electron chi connectivity index (χ4n) is 5.66. The zero-order valence-corrected chi connectivity index (χ0v) is 45.4. The van der Waals surface area contributed by atoms with E-state index in [0.29, 0.717) is 40.6 Å². The quantitative estimate of drug-likeness (QED) is 0.185. The predicted octanol–water partition coefficient (Wildman–Crippen LogP) is 19.0. The summed E-state index contributed by atoms with van der Waals surface area (Å²) in [6, 6.07) is 18.6. The molecule has 0 aliphatic rings. The van der Waals surface area contributed by atoms with Gasteiger partial charge in [0.15, 0.2) is 0 Å². The Kier molecular flexibility index (Phi) is 32.2. The Hall–Kier alpha value is -1.60. The molecule has 0 saturated carbocycles. The van der Waals surface area contributed by atoms with Gasteiger partial charge in [-0.05, 0) is 118 Å². The number of hydrogen-bond acceptors (Lipinski definition) is 1. The Bertz CT molecular complexity index is 1180. The molecule has 0 heterocycles. The molecule has 2 aromatic carbocycles. The molecule has 58 heavy (non-hydrogen) atoms. The van der Waals surface area contributed by atoms with Crippen molar-refractivity contribution in [2.45, 2.75) is 242 Å². The van der Waals surface area contributed by atoms with Crippen molar-refractivity contribution in [3.63, 3.8) is 0 Å². The molecule has 0 fully saturated rings. The van der Waals surface area contributed by atoms with Gasteiger partial charge >= 0.3 is 0 Å². The summed E-state index contributed by atoms with van der Waals surface area (Å²) in [7, 11) is 0. The van der Waals surface area contributed by atoms with Gasteiger partial charge in [-0.2, -0.15) is 0 Å². The average molecular weight is 812 g/mol. The van der Waals surface area contributed by atoms with E-state index in [2.05, 4.69) is 222 Å². The molecule has 0 unspecified atom stereocenters. The van der Waals surface area contributed by atoms with Crippen molar-refractivity contribution < 1.29 is 4.74 Å². The van der Waals surface area contributed by atoms with Crippen molar-refractivity contribution in [2.24, 2.45) is 46.3 Å². The fourth-order valence-corrected chi connectivity index (χ4v) is 5.66. The maximum Gasteiger partial charge on any atom is 0.0518 e. The van der Waals surface area contributed by atoms with E-state index in [-0.39, 0.29) is 16.2 Å². The summed E-state index contributed by atoms with van der Waals surface area (Å²) in [5.74, 6) is 4.42. The molecule has 1 heteroatoms. The summed E-state index contributed by atoms with van der Waals surface area (Å²) < 4.78 is 5.42. The van der Waals surface area contributed by atoms with Crippen LogP contribution in [0.25, 0.3) is 0 Å². The summed E-state index contributed by atoms with van der Waals surface area (Å²) in [6.07, 6.45) is 4.04. The van der Waals surface area contributed by atoms with Crippen molar-refractivity contribution in [3.8, 4) is 0 Å². The second-order valence-electron chi connectivity index (χ2n) is 22.5. The molecule has 344 valence electrons. The summed E-state index contributed by atoms with van der Waals surface area (Å²) in [5.41, 5.74) is 7.34. The minimum absolute atomic E-state index is 0.250. The van der Waals surface area contributed by atoms with Gasteiger partial charge in [0.1, 0.15) is 0 Å². The SMILES string of the molecule is CC.CC.CC(C)C(C)(C)Cc1ccc(C(C)(C)C(C)C)cc1.CC(C)C(C)(C)c1ccc(C(C)(C)C(C)C)cc1.CC(C)CC(C)C.CC(C)OCCC(C)(C)C. The first kappa shape index (κ1) is 63.0. The topological polar surface area (TPSA) is 9.23 Å². The lowest BCUT2D eigenvalue weighted by Gasteiger charge is -2.33. The molecule has 2 aromatic rings. The molecule has 2 rings (SSSR count). The summed E-state index contributed by atoms with van der Waals surface area (Å²) in [4.78, 5) is 0. The van der Waals surface area contributed by atoms with Gasteiger partial charge in [0, 0.05) is 6.61 Å². The minimum Gasteiger partial charge on any atom is -0.379 e. The third-order valence-corrected chi connectivity index (χ3v) is 12.9. The van der Waals surface area contributed by atoms with Gasteiger partial charge in [0.05, 0.1) is 6.10 Å². The number of hydrogen-bond donors (Lipinski definition) is 0. The van der Waals surface area contributed by atoms with E-state index in [0.717, 1.165) is 31.3 Å². The van der Waals surface area contributed by atoms with Crippen molar-refractivity contribution >= 4 is 0 Å². The highest BCUT2D eigenvalue weighted by Gasteiger charge is 2.28. The van der Waals surface area contributed by atoms with E-state index in [1.165, 1.54) is 28.7 Å². The summed E-state index contributed by atoms with van der Waals surface area (Å²) in [5, 5.41) is 0. The summed E-state index contributed by atoms with van der Waals surface area (Å²) >= 11 is 0. The zero-order chi connectivity index (χ0) is 47.0. The van der Waals surface area contributed by atoms with Crippen molar-refractivity contribution in [3.05, 3.63) is 70.8 Å². The van der Waals surface area contributed by atoms with Crippen LogP contribution in [0.15, 0.2) is 48.5 Å². The number of rotatable bonds is 14. The van der Waals surface area contributed by atoms with Crippen LogP contribution in [0.4, 0.5) is 0 Å². The van der Waals surface area contributed by atoms with Crippen LogP contribution in [-0.2, 0) is 27.4 Å². The fraction of sp³-hybridized carbons (Fsp3) is 0.789. The molecule has 0 N–H and O–H groups in total. The molecular weight excluding hydrogens is 701 g/mol. The maximum absolute atomic E-state index is 5.42. The van der Waals surface area contributed by atoms with Crippen LogP contribution in [0.3, 0.4) is 0 Å². The monoisotopic (exact) mass is 811 g/mol. The van der Waals surface area contributed by atoms with E-state index < -0.39 is 0 Å². The van der Waals surface area contributed by atoms with E-state index in [9.17, 15) is 0 Å². The zero-order valence-electron chi connectivity index (χ0n) is 45.4. The van der Waals surface area contributed by atoms with Crippen LogP contribution in [-0.4, -0.2) is 12.7 Å². The van der Waals surface area contributed by atoms with Crippen molar-refractivity contribution in [1.29, 1.82) is 0 Å². The predicted molar refractivity (Wildman–Crippen MR) is 271 cm³/mol. The van der Waals surface area contributed by atoms with Crippen LogP contribution >= 0.6 is 0 Å².